The van der Waals surface area contributed by atoms with Crippen molar-refractivity contribution in [3.8, 4) is 0 Å². The van der Waals surface area contributed by atoms with Crippen molar-refractivity contribution in [3.63, 3.8) is 0 Å². The summed E-state index contributed by atoms with van der Waals surface area (Å²) in [4.78, 5) is 6.34. The molecule has 1 heterocycles. The van der Waals surface area contributed by atoms with Crippen molar-refractivity contribution in [2.75, 3.05) is 20.1 Å². The van der Waals surface area contributed by atoms with Crippen molar-refractivity contribution in [2.24, 2.45) is 5.73 Å². The quantitative estimate of drug-likeness (QED) is 0.886. The first-order valence-corrected chi connectivity index (χ1v) is 7.46. The smallest absolute Gasteiger partial charge is 0.0426 e. The summed E-state index contributed by atoms with van der Waals surface area (Å²) in [6.07, 6.45) is 4.71. The van der Waals surface area contributed by atoms with E-state index in [1.54, 1.807) is 0 Å². The van der Waals surface area contributed by atoms with Gasteiger partial charge in [-0.2, -0.15) is 0 Å². The van der Waals surface area contributed by atoms with Gasteiger partial charge in [0, 0.05) is 31.5 Å². The minimum Gasteiger partial charge on any atom is -0.323 e. The molecule has 0 fully saturated rings. The Bertz CT molecular complexity index is 566. The third-order valence-electron chi connectivity index (χ3n) is 3.86. The highest BCUT2D eigenvalue weighted by atomic mass is 15.1. The molecule has 3 nitrogen and oxygen atoms in total. The van der Waals surface area contributed by atoms with Gasteiger partial charge < -0.3 is 10.6 Å². The van der Waals surface area contributed by atoms with E-state index in [2.05, 4.69) is 61.1 Å². The third-order valence-corrected chi connectivity index (χ3v) is 3.86. The van der Waals surface area contributed by atoms with Crippen LogP contribution < -0.4 is 5.73 Å². The van der Waals surface area contributed by atoms with Crippen LogP contribution in [0.15, 0.2) is 42.7 Å². The maximum atomic E-state index is 6.36. The minimum absolute atomic E-state index is 0.0630. The normalized spacial score (nSPS) is 12.6. The molecule has 0 bridgehead atoms. The van der Waals surface area contributed by atoms with Crippen LogP contribution in [0.5, 0.6) is 0 Å². The molecule has 0 saturated carbocycles. The molecule has 0 radical (unpaired) electrons. The first-order chi connectivity index (χ1) is 10.1. The molecule has 1 unspecified atom stereocenters. The predicted octanol–water partition coefficient (Wildman–Crippen LogP) is 2.87. The molecule has 21 heavy (non-hydrogen) atoms. The van der Waals surface area contributed by atoms with Gasteiger partial charge >= 0.3 is 0 Å². The van der Waals surface area contributed by atoms with Crippen LogP contribution >= 0.6 is 0 Å². The van der Waals surface area contributed by atoms with E-state index in [4.69, 9.17) is 5.73 Å². The highest BCUT2D eigenvalue weighted by Gasteiger charge is 2.11. The zero-order valence-corrected chi connectivity index (χ0v) is 13.2. The molecule has 1 aromatic heterocycles. The number of hydrogen-bond acceptors (Lipinski definition) is 3. The topological polar surface area (TPSA) is 42.1 Å². The largest absolute Gasteiger partial charge is 0.323 e. The molecular formula is C18H25N3. The summed E-state index contributed by atoms with van der Waals surface area (Å²) in [5.41, 5.74) is 11.5. The lowest BCUT2D eigenvalue weighted by atomic mass is 9.99. The van der Waals surface area contributed by atoms with Gasteiger partial charge in [0.15, 0.2) is 0 Å². The van der Waals surface area contributed by atoms with Crippen LogP contribution in [0.2, 0.25) is 0 Å². The highest BCUT2D eigenvalue weighted by molar-refractivity contribution is 5.32. The molecule has 2 aromatic rings. The molecule has 0 spiro atoms. The molecule has 0 saturated heterocycles. The van der Waals surface area contributed by atoms with Crippen molar-refractivity contribution in [3.05, 3.63) is 65.0 Å². The lowest BCUT2D eigenvalue weighted by molar-refractivity contribution is 0.316. The number of aromatic nitrogens is 1. The molecule has 112 valence electrons. The SMILES string of the molecule is Cc1ccc(C(N)CN(C)CCc2ccncc2)c(C)c1. The third kappa shape index (κ3) is 4.66. The number of nitrogens with zero attached hydrogens (tertiary/aromatic N) is 2. The Kier molecular flexibility index (Phi) is 5.48. The van der Waals surface area contributed by atoms with Gasteiger partial charge in [0.25, 0.3) is 0 Å². The summed E-state index contributed by atoms with van der Waals surface area (Å²) in [6, 6.07) is 10.7. The molecule has 0 aliphatic carbocycles. The van der Waals surface area contributed by atoms with Crippen LogP contribution in [0.3, 0.4) is 0 Å². The van der Waals surface area contributed by atoms with E-state index in [9.17, 15) is 0 Å². The summed E-state index contributed by atoms with van der Waals surface area (Å²) < 4.78 is 0. The Morgan fingerprint density at radius 1 is 1.14 bits per heavy atom. The number of likely N-dealkylation sites (N-methyl/N-ethyl adjacent to an activating group) is 1. The fourth-order valence-electron chi connectivity index (χ4n) is 2.64. The maximum Gasteiger partial charge on any atom is 0.0426 e. The van der Waals surface area contributed by atoms with E-state index >= 15 is 0 Å². The first-order valence-electron chi connectivity index (χ1n) is 7.46. The van der Waals surface area contributed by atoms with Gasteiger partial charge in [-0.3, -0.25) is 4.98 Å². The minimum atomic E-state index is 0.0630. The van der Waals surface area contributed by atoms with Crippen molar-refractivity contribution < 1.29 is 0 Å². The fourth-order valence-corrected chi connectivity index (χ4v) is 2.64. The van der Waals surface area contributed by atoms with E-state index in [1.807, 2.05) is 12.4 Å². The Morgan fingerprint density at radius 2 is 1.86 bits per heavy atom. The second kappa shape index (κ2) is 7.34. The van der Waals surface area contributed by atoms with E-state index in [-0.39, 0.29) is 6.04 Å². The molecule has 1 atom stereocenters. The number of aryl methyl sites for hydroxylation is 2. The van der Waals surface area contributed by atoms with E-state index in [0.29, 0.717) is 0 Å². The molecule has 2 rings (SSSR count). The molecule has 0 aliphatic heterocycles. The highest BCUT2D eigenvalue weighted by Crippen LogP contribution is 2.18. The Morgan fingerprint density at radius 3 is 2.52 bits per heavy atom. The van der Waals surface area contributed by atoms with E-state index in [1.165, 1.54) is 22.3 Å². The van der Waals surface area contributed by atoms with Crippen LogP contribution in [0.1, 0.15) is 28.3 Å². The average molecular weight is 283 g/mol. The van der Waals surface area contributed by atoms with Crippen molar-refractivity contribution in [1.82, 2.24) is 9.88 Å². The monoisotopic (exact) mass is 283 g/mol. The van der Waals surface area contributed by atoms with Gasteiger partial charge in [-0.1, -0.05) is 23.8 Å². The van der Waals surface area contributed by atoms with Gasteiger partial charge in [-0.25, -0.2) is 0 Å². The zero-order chi connectivity index (χ0) is 15.2. The van der Waals surface area contributed by atoms with Crippen molar-refractivity contribution in [1.29, 1.82) is 0 Å². The number of nitrogens with two attached hydrogens (primary N) is 1. The lowest BCUT2D eigenvalue weighted by Crippen LogP contribution is -2.31. The standard InChI is InChI=1S/C18H25N3/c1-14-4-5-17(15(2)12-14)18(19)13-21(3)11-8-16-6-9-20-10-7-16/h4-7,9-10,12,18H,8,11,13,19H2,1-3H3. The number of pyridine rings is 1. The predicted molar refractivity (Wildman–Crippen MR) is 88.3 cm³/mol. The summed E-state index contributed by atoms with van der Waals surface area (Å²) in [5.74, 6) is 0. The Balaban J connectivity index is 1.88. The van der Waals surface area contributed by atoms with Crippen LogP contribution in [0, 0.1) is 13.8 Å². The molecule has 1 aromatic carbocycles. The van der Waals surface area contributed by atoms with Crippen LogP contribution in [0.25, 0.3) is 0 Å². The molecule has 2 N–H and O–H groups in total. The summed E-state index contributed by atoms with van der Waals surface area (Å²) in [5, 5.41) is 0. The summed E-state index contributed by atoms with van der Waals surface area (Å²) in [6.45, 7) is 6.12. The van der Waals surface area contributed by atoms with Gasteiger partial charge in [0.2, 0.25) is 0 Å². The zero-order valence-electron chi connectivity index (χ0n) is 13.2. The van der Waals surface area contributed by atoms with Crippen molar-refractivity contribution >= 4 is 0 Å². The second-order valence-corrected chi connectivity index (χ2v) is 5.83. The molecular weight excluding hydrogens is 258 g/mol. The van der Waals surface area contributed by atoms with Crippen molar-refractivity contribution in [2.45, 2.75) is 26.3 Å². The number of rotatable bonds is 6. The lowest BCUT2D eigenvalue weighted by Gasteiger charge is -2.23. The Labute approximate surface area is 127 Å². The van der Waals surface area contributed by atoms with Crippen LogP contribution in [-0.4, -0.2) is 30.0 Å². The molecule has 3 heteroatoms. The molecule has 0 aliphatic rings. The summed E-state index contributed by atoms with van der Waals surface area (Å²) in [7, 11) is 2.13. The van der Waals surface area contributed by atoms with E-state index in [0.717, 1.165) is 19.5 Å². The maximum absolute atomic E-state index is 6.36. The number of hydrogen-bond donors (Lipinski definition) is 1. The Hall–Kier alpha value is -1.71. The molecule has 0 amide bonds. The van der Waals surface area contributed by atoms with Crippen LogP contribution in [0.4, 0.5) is 0 Å². The summed E-state index contributed by atoms with van der Waals surface area (Å²) >= 11 is 0. The fraction of sp³-hybridized carbons (Fsp3) is 0.389. The van der Waals surface area contributed by atoms with Gasteiger partial charge in [-0.15, -0.1) is 0 Å². The van der Waals surface area contributed by atoms with Gasteiger partial charge in [0.1, 0.15) is 0 Å². The van der Waals surface area contributed by atoms with Gasteiger partial charge in [0.05, 0.1) is 0 Å². The average Bonchev–Trinajstić information content (AvgIpc) is 2.46. The van der Waals surface area contributed by atoms with E-state index < -0.39 is 0 Å². The van der Waals surface area contributed by atoms with Gasteiger partial charge in [-0.05, 0) is 56.1 Å². The number of benzene rings is 1. The van der Waals surface area contributed by atoms with Crippen LogP contribution in [-0.2, 0) is 6.42 Å². The first kappa shape index (κ1) is 15.7. The second-order valence-electron chi connectivity index (χ2n) is 5.83.